The Hall–Kier alpha value is -2.97. The van der Waals surface area contributed by atoms with Crippen molar-refractivity contribution in [3.63, 3.8) is 0 Å². The minimum Gasteiger partial charge on any atom is -0.508 e. The van der Waals surface area contributed by atoms with Gasteiger partial charge in [0, 0.05) is 19.6 Å². The first-order valence-electron chi connectivity index (χ1n) is 10.5. The number of nitrogens with one attached hydrogen (secondary N) is 2. The second kappa shape index (κ2) is 10.9. The molecule has 0 radical (unpaired) electrons. The number of ether oxygens (including phenoxy) is 2. The Morgan fingerprint density at radius 2 is 1.74 bits per heavy atom. The Morgan fingerprint density at radius 3 is 2.32 bits per heavy atom. The zero-order valence-electron chi connectivity index (χ0n) is 18.6. The van der Waals surface area contributed by atoms with E-state index in [0.29, 0.717) is 25.4 Å². The van der Waals surface area contributed by atoms with Crippen LogP contribution in [0, 0.1) is 5.92 Å². The van der Waals surface area contributed by atoms with Crippen molar-refractivity contribution in [3.05, 3.63) is 24.3 Å². The van der Waals surface area contributed by atoms with Gasteiger partial charge in [-0.3, -0.25) is 9.59 Å². The summed E-state index contributed by atoms with van der Waals surface area (Å²) in [5.41, 5.74) is -0.609. The second-order valence-electron chi connectivity index (χ2n) is 8.68. The van der Waals surface area contributed by atoms with E-state index < -0.39 is 17.8 Å². The predicted molar refractivity (Wildman–Crippen MR) is 115 cm³/mol. The van der Waals surface area contributed by atoms with Crippen molar-refractivity contribution in [1.29, 1.82) is 0 Å². The quantitative estimate of drug-likeness (QED) is 0.603. The lowest BCUT2D eigenvalue weighted by molar-refractivity contribution is -0.132. The number of aromatic hydroxyl groups is 1. The molecule has 0 aliphatic carbocycles. The van der Waals surface area contributed by atoms with E-state index in [0.717, 1.165) is 12.8 Å². The van der Waals surface area contributed by atoms with E-state index >= 15 is 0 Å². The van der Waals surface area contributed by atoms with Gasteiger partial charge in [-0.1, -0.05) is 0 Å². The molecule has 1 aliphatic heterocycles. The van der Waals surface area contributed by atoms with Gasteiger partial charge in [0.25, 0.3) is 5.91 Å². The largest absolute Gasteiger partial charge is 0.508 e. The highest BCUT2D eigenvalue weighted by molar-refractivity contribution is 5.82. The minimum absolute atomic E-state index is 0.0948. The number of nitrogens with zero attached hydrogens (tertiary/aromatic N) is 1. The topological polar surface area (TPSA) is 117 Å². The Balaban J connectivity index is 1.65. The molecule has 3 N–H and O–H groups in total. The van der Waals surface area contributed by atoms with Crippen LogP contribution in [-0.4, -0.2) is 65.8 Å². The highest BCUT2D eigenvalue weighted by Crippen LogP contribution is 2.18. The zero-order chi connectivity index (χ0) is 23.0. The van der Waals surface area contributed by atoms with Crippen LogP contribution in [0.3, 0.4) is 0 Å². The molecule has 3 amide bonds. The van der Waals surface area contributed by atoms with Crippen LogP contribution < -0.4 is 15.4 Å². The molecule has 9 heteroatoms. The van der Waals surface area contributed by atoms with Gasteiger partial charge in [0.15, 0.2) is 6.10 Å². The molecular formula is C22H33N3O6. The van der Waals surface area contributed by atoms with Gasteiger partial charge in [0.1, 0.15) is 23.6 Å². The van der Waals surface area contributed by atoms with Crippen molar-refractivity contribution >= 4 is 17.9 Å². The SMILES string of the molecule is CC(Oc1ccc(O)cc1)C(=O)NCC1CCN(C(=O)CNC(=O)OC(C)(C)C)CC1. The van der Waals surface area contributed by atoms with Crippen molar-refractivity contribution in [3.8, 4) is 11.5 Å². The van der Waals surface area contributed by atoms with Crippen LogP contribution in [0.15, 0.2) is 24.3 Å². The molecule has 1 fully saturated rings. The first-order valence-corrected chi connectivity index (χ1v) is 10.5. The molecule has 1 saturated heterocycles. The second-order valence-corrected chi connectivity index (χ2v) is 8.68. The predicted octanol–water partition coefficient (Wildman–Crippen LogP) is 2.04. The number of likely N-dealkylation sites (tertiary alicyclic amines) is 1. The highest BCUT2D eigenvalue weighted by atomic mass is 16.6. The number of benzene rings is 1. The first-order chi connectivity index (χ1) is 14.5. The molecule has 9 nitrogen and oxygen atoms in total. The van der Waals surface area contributed by atoms with Crippen LogP contribution >= 0.6 is 0 Å². The van der Waals surface area contributed by atoms with Crippen molar-refractivity contribution in [2.24, 2.45) is 5.92 Å². The maximum absolute atomic E-state index is 12.3. The molecule has 1 aromatic rings. The van der Waals surface area contributed by atoms with E-state index in [4.69, 9.17) is 9.47 Å². The Morgan fingerprint density at radius 1 is 1.13 bits per heavy atom. The van der Waals surface area contributed by atoms with Crippen LogP contribution in [0.4, 0.5) is 4.79 Å². The summed E-state index contributed by atoms with van der Waals surface area (Å²) >= 11 is 0. The Labute approximate surface area is 183 Å². The number of hydrogen-bond donors (Lipinski definition) is 3. The number of rotatable bonds is 7. The molecule has 1 unspecified atom stereocenters. The minimum atomic E-state index is -0.662. The summed E-state index contributed by atoms with van der Waals surface area (Å²) in [5, 5.41) is 14.7. The van der Waals surface area contributed by atoms with Crippen molar-refractivity contribution in [2.45, 2.75) is 52.2 Å². The maximum atomic E-state index is 12.3. The van der Waals surface area contributed by atoms with E-state index in [9.17, 15) is 19.5 Å². The van der Waals surface area contributed by atoms with Gasteiger partial charge >= 0.3 is 6.09 Å². The van der Waals surface area contributed by atoms with Gasteiger partial charge in [-0.25, -0.2) is 4.79 Å². The van der Waals surface area contributed by atoms with Crippen molar-refractivity contribution in [1.82, 2.24) is 15.5 Å². The number of amides is 3. The fourth-order valence-electron chi connectivity index (χ4n) is 3.13. The molecule has 2 rings (SSSR count). The monoisotopic (exact) mass is 435 g/mol. The third-order valence-corrected chi connectivity index (χ3v) is 4.83. The van der Waals surface area contributed by atoms with E-state index in [1.807, 2.05) is 0 Å². The number of phenols is 1. The van der Waals surface area contributed by atoms with Gasteiger partial charge in [-0.2, -0.15) is 0 Å². The molecule has 0 bridgehead atoms. The van der Waals surface area contributed by atoms with Crippen LogP contribution in [0.5, 0.6) is 11.5 Å². The van der Waals surface area contributed by atoms with E-state index in [1.54, 1.807) is 44.7 Å². The fraction of sp³-hybridized carbons (Fsp3) is 0.591. The molecule has 0 spiro atoms. The van der Waals surface area contributed by atoms with Crippen LogP contribution in [-0.2, 0) is 14.3 Å². The summed E-state index contributed by atoms with van der Waals surface area (Å²) in [5.74, 6) is 0.548. The lowest BCUT2D eigenvalue weighted by atomic mass is 9.96. The number of carbonyl (C=O) groups is 3. The Kier molecular flexibility index (Phi) is 8.53. The molecule has 1 atom stereocenters. The van der Waals surface area contributed by atoms with Gasteiger partial charge in [0.2, 0.25) is 5.91 Å². The molecule has 0 saturated carbocycles. The third-order valence-electron chi connectivity index (χ3n) is 4.83. The lowest BCUT2D eigenvalue weighted by Crippen LogP contribution is -2.46. The lowest BCUT2D eigenvalue weighted by Gasteiger charge is -2.32. The number of hydrogen-bond acceptors (Lipinski definition) is 6. The summed E-state index contributed by atoms with van der Waals surface area (Å²) in [7, 11) is 0. The summed E-state index contributed by atoms with van der Waals surface area (Å²) in [4.78, 5) is 37.9. The normalized spacial score (nSPS) is 15.7. The number of piperidine rings is 1. The van der Waals surface area contributed by atoms with E-state index in [1.165, 1.54) is 12.1 Å². The van der Waals surface area contributed by atoms with Crippen LogP contribution in [0.1, 0.15) is 40.5 Å². The van der Waals surface area contributed by atoms with Gasteiger partial charge in [-0.05, 0) is 70.7 Å². The van der Waals surface area contributed by atoms with Crippen molar-refractivity contribution in [2.75, 3.05) is 26.2 Å². The summed E-state index contributed by atoms with van der Waals surface area (Å²) < 4.78 is 10.7. The zero-order valence-corrected chi connectivity index (χ0v) is 18.6. The number of carbonyl (C=O) groups excluding carboxylic acids is 3. The number of alkyl carbamates (subject to hydrolysis) is 1. The average molecular weight is 436 g/mol. The summed E-state index contributed by atoms with van der Waals surface area (Å²) in [6.07, 6.45) is 0.268. The fourth-order valence-corrected chi connectivity index (χ4v) is 3.13. The standard InChI is InChI=1S/C22H33N3O6/c1-15(30-18-7-5-17(26)6-8-18)20(28)23-13-16-9-11-25(12-10-16)19(27)14-24-21(29)31-22(2,3)4/h5-8,15-16,26H,9-14H2,1-4H3,(H,23,28)(H,24,29). The molecular weight excluding hydrogens is 402 g/mol. The molecule has 0 aromatic heterocycles. The van der Waals surface area contributed by atoms with E-state index in [2.05, 4.69) is 10.6 Å². The highest BCUT2D eigenvalue weighted by Gasteiger charge is 2.25. The Bertz CT molecular complexity index is 752. The van der Waals surface area contributed by atoms with E-state index in [-0.39, 0.29) is 30.0 Å². The molecule has 1 aromatic carbocycles. The first kappa shape index (κ1) is 24.3. The molecule has 1 aliphatic rings. The average Bonchev–Trinajstić information content (AvgIpc) is 2.71. The van der Waals surface area contributed by atoms with Gasteiger partial charge in [-0.15, -0.1) is 0 Å². The smallest absolute Gasteiger partial charge is 0.408 e. The third kappa shape index (κ3) is 8.74. The maximum Gasteiger partial charge on any atom is 0.408 e. The van der Waals surface area contributed by atoms with Crippen LogP contribution in [0.25, 0.3) is 0 Å². The summed E-state index contributed by atoms with van der Waals surface area (Å²) in [6, 6.07) is 6.20. The molecule has 31 heavy (non-hydrogen) atoms. The summed E-state index contributed by atoms with van der Waals surface area (Å²) in [6.45, 7) is 8.53. The van der Waals surface area contributed by atoms with Crippen molar-refractivity contribution < 1.29 is 29.0 Å². The van der Waals surface area contributed by atoms with Crippen LogP contribution in [0.2, 0.25) is 0 Å². The molecule has 172 valence electrons. The van der Waals surface area contributed by atoms with Gasteiger partial charge < -0.3 is 30.1 Å². The molecule has 1 heterocycles. The van der Waals surface area contributed by atoms with Gasteiger partial charge in [0.05, 0.1) is 0 Å². The number of phenolic OH excluding ortho intramolecular Hbond substituents is 1.